The molecule has 0 aliphatic heterocycles. The zero-order valence-corrected chi connectivity index (χ0v) is 35.4. The third-order valence-corrected chi connectivity index (χ3v) is 15.2. The monoisotopic (exact) mass is 818 g/mol. The van der Waals surface area contributed by atoms with Gasteiger partial charge in [0, 0.05) is 0 Å². The Labute approximate surface area is 377 Å². The Morgan fingerprint density at radius 1 is 0.215 bits per heavy atom. The highest BCUT2D eigenvalue weighted by Crippen LogP contribution is 2.66. The van der Waals surface area contributed by atoms with Crippen molar-refractivity contribution >= 4 is 43.1 Å². The lowest BCUT2D eigenvalue weighted by Crippen LogP contribution is -2.26. The molecule has 0 N–H and O–H groups in total. The Morgan fingerprint density at radius 2 is 0.677 bits per heavy atom. The van der Waals surface area contributed by atoms with Crippen molar-refractivity contribution in [2.75, 3.05) is 0 Å². The number of rotatable bonds is 3. The van der Waals surface area contributed by atoms with E-state index in [0.717, 1.165) is 0 Å². The molecule has 65 heavy (non-hydrogen) atoms. The SMILES string of the molecule is c1ccc(-c2c3c(c(-c4ccccc4)c4ccccc24)-c2ccc(-c4cc5c(c6ccccc46)-c4c(ccc6ccccc46)C54c5ccccc5-c5ccccc54)c4cccc-3c24)cc1. The third-order valence-electron chi connectivity index (χ3n) is 15.2. The van der Waals surface area contributed by atoms with Crippen LogP contribution in [0.15, 0.2) is 231 Å². The van der Waals surface area contributed by atoms with Crippen LogP contribution in [0.2, 0.25) is 0 Å². The second kappa shape index (κ2) is 12.9. The van der Waals surface area contributed by atoms with Crippen molar-refractivity contribution in [3.63, 3.8) is 0 Å². The van der Waals surface area contributed by atoms with Gasteiger partial charge in [0.2, 0.25) is 0 Å². The molecule has 0 saturated heterocycles. The number of benzene rings is 12. The van der Waals surface area contributed by atoms with E-state index >= 15 is 0 Å². The van der Waals surface area contributed by atoms with Gasteiger partial charge in [0.05, 0.1) is 5.41 Å². The van der Waals surface area contributed by atoms with Crippen LogP contribution in [0.5, 0.6) is 0 Å². The lowest BCUT2D eigenvalue weighted by atomic mass is 9.69. The van der Waals surface area contributed by atoms with E-state index in [9.17, 15) is 0 Å². The second-order valence-corrected chi connectivity index (χ2v) is 18.1. The summed E-state index contributed by atoms with van der Waals surface area (Å²) in [7, 11) is 0. The lowest BCUT2D eigenvalue weighted by Gasteiger charge is -2.31. The number of hydrogen-bond acceptors (Lipinski definition) is 0. The summed E-state index contributed by atoms with van der Waals surface area (Å²) in [6, 6.07) is 87.1. The minimum absolute atomic E-state index is 0.485. The molecule has 298 valence electrons. The standard InChI is InChI=1S/C65H38/c1-3-19-40(20-4-1)58-49-28-11-12-29-50(49)59(41-21-5-2-6-22-41)64-52-36-35-44(47-30-17-31-51(60(47)52)63(58)64)53-38-57-62(48-27-10-9-24-43(48)53)61-42-23-8-7-18-39(42)34-37-56(61)65(57)54-32-15-13-25-45(54)46-26-14-16-33-55(46)65/h1-38H. The summed E-state index contributed by atoms with van der Waals surface area (Å²) in [5.74, 6) is 0. The van der Waals surface area contributed by atoms with E-state index in [0.29, 0.717) is 0 Å². The molecule has 0 saturated carbocycles. The molecule has 0 aromatic heterocycles. The zero-order valence-electron chi connectivity index (χ0n) is 35.4. The van der Waals surface area contributed by atoms with Gasteiger partial charge in [-0.15, -0.1) is 0 Å². The first-order valence-electron chi connectivity index (χ1n) is 22.9. The Bertz CT molecular complexity index is 3900. The topological polar surface area (TPSA) is 0 Å². The predicted octanol–water partition coefficient (Wildman–Crippen LogP) is 17.3. The minimum Gasteiger partial charge on any atom is -0.0622 e. The Kier molecular flexibility index (Phi) is 6.97. The van der Waals surface area contributed by atoms with Gasteiger partial charge in [-0.3, -0.25) is 0 Å². The van der Waals surface area contributed by atoms with E-state index in [2.05, 4.69) is 231 Å². The van der Waals surface area contributed by atoms with Gasteiger partial charge in [0.1, 0.15) is 0 Å². The maximum absolute atomic E-state index is 2.61. The molecule has 12 aromatic carbocycles. The minimum atomic E-state index is -0.485. The maximum Gasteiger partial charge on any atom is 0.0726 e. The summed E-state index contributed by atoms with van der Waals surface area (Å²) in [5.41, 5.74) is 23.2. The van der Waals surface area contributed by atoms with Crippen LogP contribution in [0.3, 0.4) is 0 Å². The predicted molar refractivity (Wildman–Crippen MR) is 274 cm³/mol. The van der Waals surface area contributed by atoms with Crippen molar-refractivity contribution in [3.05, 3.63) is 253 Å². The van der Waals surface area contributed by atoms with Gasteiger partial charge in [0.25, 0.3) is 0 Å². The zero-order chi connectivity index (χ0) is 42.4. The summed E-state index contributed by atoms with van der Waals surface area (Å²) in [4.78, 5) is 0. The normalized spacial score (nSPS) is 13.4. The third kappa shape index (κ3) is 4.41. The molecule has 1 spiro atoms. The number of hydrogen-bond donors (Lipinski definition) is 0. The van der Waals surface area contributed by atoms with Crippen molar-refractivity contribution in [2.45, 2.75) is 5.41 Å². The molecule has 0 fully saturated rings. The first-order chi connectivity index (χ1) is 32.3. The first kappa shape index (κ1) is 35.2. The summed E-state index contributed by atoms with van der Waals surface area (Å²) in [5, 5.41) is 10.3. The van der Waals surface area contributed by atoms with Crippen LogP contribution < -0.4 is 0 Å². The van der Waals surface area contributed by atoms with E-state index in [1.807, 2.05) is 0 Å². The lowest BCUT2D eigenvalue weighted by molar-refractivity contribution is 0.795. The molecule has 0 atom stereocenters. The van der Waals surface area contributed by atoms with Crippen molar-refractivity contribution in [1.29, 1.82) is 0 Å². The molecule has 0 unspecified atom stereocenters. The Morgan fingerprint density at radius 3 is 1.32 bits per heavy atom. The average molecular weight is 819 g/mol. The van der Waals surface area contributed by atoms with Crippen molar-refractivity contribution in [3.8, 4) is 77.9 Å². The van der Waals surface area contributed by atoms with Crippen LogP contribution in [0.1, 0.15) is 22.3 Å². The molecule has 12 aromatic rings. The van der Waals surface area contributed by atoms with Gasteiger partial charge in [-0.2, -0.15) is 0 Å². The highest BCUT2D eigenvalue weighted by molar-refractivity contribution is 6.29. The van der Waals surface area contributed by atoms with Crippen molar-refractivity contribution < 1.29 is 0 Å². The first-order valence-corrected chi connectivity index (χ1v) is 22.9. The van der Waals surface area contributed by atoms with Crippen LogP contribution >= 0.6 is 0 Å². The van der Waals surface area contributed by atoms with Gasteiger partial charge >= 0.3 is 0 Å². The van der Waals surface area contributed by atoms with Crippen LogP contribution in [0.4, 0.5) is 0 Å². The van der Waals surface area contributed by atoms with Crippen molar-refractivity contribution in [1.82, 2.24) is 0 Å². The fourth-order valence-corrected chi connectivity index (χ4v) is 12.8. The van der Waals surface area contributed by atoms with E-state index in [1.165, 1.54) is 143 Å². The molecule has 3 aliphatic carbocycles. The quantitative estimate of drug-likeness (QED) is 0.167. The molecule has 0 heteroatoms. The molecule has 0 amide bonds. The summed E-state index contributed by atoms with van der Waals surface area (Å²) in [6.07, 6.45) is 0. The van der Waals surface area contributed by atoms with Gasteiger partial charge < -0.3 is 0 Å². The van der Waals surface area contributed by atoms with Gasteiger partial charge in [-0.05, 0) is 149 Å². The van der Waals surface area contributed by atoms with Gasteiger partial charge in [0.15, 0.2) is 0 Å². The largest absolute Gasteiger partial charge is 0.0726 e. The van der Waals surface area contributed by atoms with Crippen LogP contribution in [-0.2, 0) is 5.41 Å². The molecule has 15 rings (SSSR count). The molecule has 0 bridgehead atoms. The summed E-state index contributed by atoms with van der Waals surface area (Å²) >= 11 is 0. The average Bonchev–Trinajstić information content (AvgIpc) is 3.99. The van der Waals surface area contributed by atoms with Crippen LogP contribution in [0.25, 0.3) is 121 Å². The summed E-state index contributed by atoms with van der Waals surface area (Å²) in [6.45, 7) is 0. The van der Waals surface area contributed by atoms with Crippen LogP contribution in [-0.4, -0.2) is 0 Å². The molecule has 3 aliphatic rings. The maximum atomic E-state index is 2.61. The fraction of sp³-hybridized carbons (Fsp3) is 0.0154. The molecule has 0 radical (unpaired) electrons. The smallest absolute Gasteiger partial charge is 0.0622 e. The number of fused-ring (bicyclic) bond motifs is 18. The summed E-state index contributed by atoms with van der Waals surface area (Å²) < 4.78 is 0. The molecule has 0 heterocycles. The van der Waals surface area contributed by atoms with Gasteiger partial charge in [-0.25, -0.2) is 0 Å². The Balaban J connectivity index is 1.08. The molecular weight excluding hydrogens is 781 g/mol. The highest BCUT2D eigenvalue weighted by atomic mass is 14.5. The molecular formula is C65H38. The van der Waals surface area contributed by atoms with E-state index in [-0.39, 0.29) is 0 Å². The van der Waals surface area contributed by atoms with Crippen molar-refractivity contribution in [2.24, 2.45) is 0 Å². The van der Waals surface area contributed by atoms with E-state index in [4.69, 9.17) is 0 Å². The fourth-order valence-electron chi connectivity index (χ4n) is 12.8. The Hall–Kier alpha value is -8.32. The second-order valence-electron chi connectivity index (χ2n) is 18.1. The molecule has 0 nitrogen and oxygen atoms in total. The van der Waals surface area contributed by atoms with E-state index in [1.54, 1.807) is 0 Å². The van der Waals surface area contributed by atoms with E-state index < -0.39 is 5.41 Å². The van der Waals surface area contributed by atoms with Gasteiger partial charge in [-0.1, -0.05) is 224 Å². The highest BCUT2D eigenvalue weighted by Gasteiger charge is 2.52. The van der Waals surface area contributed by atoms with Crippen LogP contribution in [0, 0.1) is 0 Å².